The first-order valence-electron chi connectivity index (χ1n) is 11.6. The van der Waals surface area contributed by atoms with Gasteiger partial charge in [-0.15, -0.1) is 0 Å². The SMILES string of the molecule is COC(=O)c1cc(OC)c(C)c2c1Oc1c(cc(C3CC3)c(OCc3ccccc3)c1[N+](=O)[O-])C(=O)N2. The Hall–Kier alpha value is -4.60. The molecule has 190 valence electrons. The van der Waals surface area contributed by atoms with E-state index in [4.69, 9.17) is 18.9 Å². The third-order valence-electron chi connectivity index (χ3n) is 6.47. The van der Waals surface area contributed by atoms with Gasteiger partial charge in [0.15, 0.2) is 5.75 Å². The van der Waals surface area contributed by atoms with Gasteiger partial charge in [0, 0.05) is 11.1 Å². The largest absolute Gasteiger partial charge is 0.496 e. The van der Waals surface area contributed by atoms with Crippen molar-refractivity contribution in [3.05, 3.63) is 80.4 Å². The number of amides is 1. The highest BCUT2D eigenvalue weighted by Gasteiger charge is 2.40. The first-order chi connectivity index (χ1) is 17.8. The Morgan fingerprint density at radius 1 is 1.16 bits per heavy atom. The number of carbonyl (C=O) groups excluding carboxylic acids is 2. The summed E-state index contributed by atoms with van der Waals surface area (Å²) in [5.41, 5.74) is 1.50. The molecule has 1 aliphatic carbocycles. The minimum absolute atomic E-state index is 0.0222. The summed E-state index contributed by atoms with van der Waals surface area (Å²) < 4.78 is 22.4. The monoisotopic (exact) mass is 504 g/mol. The van der Waals surface area contributed by atoms with Gasteiger partial charge in [0.2, 0.25) is 11.5 Å². The highest BCUT2D eigenvalue weighted by molar-refractivity contribution is 6.11. The van der Waals surface area contributed by atoms with E-state index >= 15 is 0 Å². The molecule has 10 heteroatoms. The minimum Gasteiger partial charge on any atom is -0.496 e. The van der Waals surface area contributed by atoms with Crippen LogP contribution < -0.4 is 19.5 Å². The molecular weight excluding hydrogens is 480 g/mol. The Kier molecular flexibility index (Phi) is 6.16. The molecule has 0 spiro atoms. The van der Waals surface area contributed by atoms with Crippen molar-refractivity contribution in [1.82, 2.24) is 0 Å². The number of anilines is 1. The van der Waals surface area contributed by atoms with Crippen LogP contribution in [0.1, 0.15) is 56.2 Å². The Bertz CT molecular complexity index is 1430. The van der Waals surface area contributed by atoms with Crippen LogP contribution in [0.4, 0.5) is 11.4 Å². The van der Waals surface area contributed by atoms with E-state index < -0.39 is 22.5 Å². The molecule has 1 N–H and O–H groups in total. The van der Waals surface area contributed by atoms with Gasteiger partial charge in [-0.3, -0.25) is 14.9 Å². The summed E-state index contributed by atoms with van der Waals surface area (Å²) in [7, 11) is 2.62. The van der Waals surface area contributed by atoms with Gasteiger partial charge in [0.1, 0.15) is 17.9 Å². The lowest BCUT2D eigenvalue weighted by Gasteiger charge is -2.18. The number of nitro benzene ring substituents is 1. The van der Waals surface area contributed by atoms with Crippen LogP contribution in [0.2, 0.25) is 0 Å². The van der Waals surface area contributed by atoms with Crippen LogP contribution in [0.25, 0.3) is 0 Å². The van der Waals surface area contributed by atoms with Gasteiger partial charge < -0.3 is 24.3 Å². The van der Waals surface area contributed by atoms with Crippen molar-refractivity contribution in [1.29, 1.82) is 0 Å². The predicted octanol–water partition coefficient (Wildman–Crippen LogP) is 5.51. The standard InChI is InChI=1S/C27H24N2O8/c1-14-20(34-2)12-19(27(31)35-3)23-21(14)28-26(30)18-11-17(16-9-10-16)24(22(29(32)33)25(18)37-23)36-13-15-7-5-4-6-8-15/h4-8,11-12,16H,9-10,13H2,1-3H3,(H,28,30). The molecule has 1 fully saturated rings. The lowest BCUT2D eigenvalue weighted by atomic mass is 10.0. The molecule has 0 unspecified atom stereocenters. The number of nitrogens with zero attached hydrogens (tertiary/aromatic N) is 1. The number of methoxy groups -OCH3 is 2. The second-order valence-electron chi connectivity index (χ2n) is 8.83. The molecule has 1 heterocycles. The van der Waals surface area contributed by atoms with E-state index in [-0.39, 0.29) is 46.6 Å². The summed E-state index contributed by atoms with van der Waals surface area (Å²) in [6, 6.07) is 12.3. The normalized spacial score (nSPS) is 13.9. The number of hydrogen-bond acceptors (Lipinski definition) is 8. The molecule has 1 amide bonds. The topological polar surface area (TPSA) is 126 Å². The fourth-order valence-electron chi connectivity index (χ4n) is 4.42. The Balaban J connectivity index is 1.72. The average molecular weight is 504 g/mol. The zero-order chi connectivity index (χ0) is 26.3. The third kappa shape index (κ3) is 4.31. The third-order valence-corrected chi connectivity index (χ3v) is 6.47. The summed E-state index contributed by atoms with van der Waals surface area (Å²) in [6.45, 7) is 1.77. The number of hydrogen-bond donors (Lipinski definition) is 1. The van der Waals surface area contributed by atoms with Crippen LogP contribution >= 0.6 is 0 Å². The lowest BCUT2D eigenvalue weighted by Crippen LogP contribution is -2.14. The van der Waals surface area contributed by atoms with Crippen LogP contribution in [-0.2, 0) is 11.3 Å². The summed E-state index contributed by atoms with van der Waals surface area (Å²) in [4.78, 5) is 37.9. The molecule has 3 aromatic carbocycles. The summed E-state index contributed by atoms with van der Waals surface area (Å²) in [5, 5.41) is 15.2. The lowest BCUT2D eigenvalue weighted by molar-refractivity contribution is -0.386. The summed E-state index contributed by atoms with van der Waals surface area (Å²) in [6.07, 6.45) is 1.65. The number of rotatable bonds is 7. The van der Waals surface area contributed by atoms with E-state index in [9.17, 15) is 19.7 Å². The van der Waals surface area contributed by atoms with E-state index in [0.717, 1.165) is 18.4 Å². The second kappa shape index (κ2) is 9.45. The molecule has 2 aliphatic rings. The van der Waals surface area contributed by atoms with Gasteiger partial charge in [0.05, 0.1) is 30.4 Å². The molecule has 37 heavy (non-hydrogen) atoms. The van der Waals surface area contributed by atoms with Gasteiger partial charge in [-0.2, -0.15) is 0 Å². The van der Waals surface area contributed by atoms with Gasteiger partial charge in [0.25, 0.3) is 5.91 Å². The first kappa shape index (κ1) is 24.1. The number of nitro groups is 1. The van der Waals surface area contributed by atoms with Gasteiger partial charge in [-0.25, -0.2) is 4.79 Å². The molecule has 5 rings (SSSR count). The Morgan fingerprint density at radius 3 is 2.51 bits per heavy atom. The van der Waals surface area contributed by atoms with Crippen LogP contribution in [-0.4, -0.2) is 31.0 Å². The molecule has 0 saturated heterocycles. The molecule has 0 atom stereocenters. The molecule has 1 aliphatic heterocycles. The quantitative estimate of drug-likeness (QED) is 0.253. The number of benzene rings is 3. The Morgan fingerprint density at radius 2 is 1.89 bits per heavy atom. The van der Waals surface area contributed by atoms with Crippen molar-refractivity contribution in [2.45, 2.75) is 32.3 Å². The van der Waals surface area contributed by atoms with Crippen molar-refractivity contribution >= 4 is 23.3 Å². The summed E-state index contributed by atoms with van der Waals surface area (Å²) >= 11 is 0. The average Bonchev–Trinajstić information content (AvgIpc) is 3.75. The maximum atomic E-state index is 13.4. The molecule has 10 nitrogen and oxygen atoms in total. The van der Waals surface area contributed by atoms with Crippen LogP contribution in [0, 0.1) is 17.0 Å². The van der Waals surface area contributed by atoms with Crippen LogP contribution in [0.3, 0.4) is 0 Å². The zero-order valence-electron chi connectivity index (χ0n) is 20.5. The van der Waals surface area contributed by atoms with Crippen molar-refractivity contribution in [2.75, 3.05) is 19.5 Å². The van der Waals surface area contributed by atoms with Gasteiger partial charge in [-0.05, 0) is 43.4 Å². The van der Waals surface area contributed by atoms with Gasteiger partial charge >= 0.3 is 11.7 Å². The van der Waals surface area contributed by atoms with Crippen molar-refractivity contribution in [3.63, 3.8) is 0 Å². The van der Waals surface area contributed by atoms with E-state index in [2.05, 4.69) is 5.32 Å². The van der Waals surface area contributed by atoms with E-state index in [1.54, 1.807) is 13.0 Å². The smallest absolute Gasteiger partial charge is 0.354 e. The number of carbonyl (C=O) groups is 2. The number of nitrogens with one attached hydrogen (secondary N) is 1. The van der Waals surface area contributed by atoms with E-state index in [0.29, 0.717) is 16.9 Å². The van der Waals surface area contributed by atoms with E-state index in [1.165, 1.54) is 20.3 Å². The maximum absolute atomic E-state index is 13.4. The minimum atomic E-state index is -0.759. The number of esters is 1. The number of fused-ring (bicyclic) bond motifs is 2. The first-order valence-corrected chi connectivity index (χ1v) is 11.6. The van der Waals surface area contributed by atoms with Crippen molar-refractivity contribution in [2.24, 2.45) is 0 Å². The van der Waals surface area contributed by atoms with Crippen molar-refractivity contribution < 1.29 is 33.5 Å². The van der Waals surface area contributed by atoms with Crippen LogP contribution in [0.15, 0.2) is 42.5 Å². The molecule has 1 saturated carbocycles. The highest BCUT2D eigenvalue weighted by Crippen LogP contribution is 2.54. The molecule has 0 bridgehead atoms. The fraction of sp³-hybridized carbons (Fsp3) is 0.259. The zero-order valence-corrected chi connectivity index (χ0v) is 20.5. The second-order valence-corrected chi connectivity index (χ2v) is 8.83. The number of ether oxygens (including phenoxy) is 4. The molecular formula is C27H24N2O8. The Labute approximate surface area is 212 Å². The molecule has 0 aromatic heterocycles. The molecule has 3 aromatic rings. The predicted molar refractivity (Wildman–Crippen MR) is 133 cm³/mol. The van der Waals surface area contributed by atoms with Crippen molar-refractivity contribution in [3.8, 4) is 23.0 Å². The molecule has 0 radical (unpaired) electrons. The fourth-order valence-corrected chi connectivity index (χ4v) is 4.42. The van der Waals surface area contributed by atoms with Gasteiger partial charge in [-0.1, -0.05) is 30.3 Å². The maximum Gasteiger partial charge on any atom is 0.354 e. The van der Waals surface area contributed by atoms with E-state index in [1.807, 2.05) is 30.3 Å². The van der Waals surface area contributed by atoms with Crippen LogP contribution in [0.5, 0.6) is 23.0 Å². The highest BCUT2D eigenvalue weighted by atomic mass is 16.6. The summed E-state index contributed by atoms with van der Waals surface area (Å²) in [5.74, 6) is -1.35.